The van der Waals surface area contributed by atoms with E-state index in [9.17, 15) is 19.8 Å². The lowest BCUT2D eigenvalue weighted by molar-refractivity contribution is -0.157. The minimum absolute atomic E-state index is 0.0820. The van der Waals surface area contributed by atoms with Crippen molar-refractivity contribution in [3.8, 4) is 0 Å². The largest absolute Gasteiger partial charge is 0.460 e. The van der Waals surface area contributed by atoms with Crippen LogP contribution in [-0.2, 0) is 14.3 Å². The Morgan fingerprint density at radius 1 is 1.09 bits per heavy atom. The van der Waals surface area contributed by atoms with Crippen molar-refractivity contribution in [1.82, 2.24) is 0 Å². The first-order chi connectivity index (χ1) is 10.7. The number of hydrogen-bond donors (Lipinski definition) is 2. The molecule has 6 heteroatoms. The first-order valence-corrected chi connectivity index (χ1v) is 7.47. The average molecular weight is 324 g/mol. The van der Waals surface area contributed by atoms with Crippen LogP contribution in [0.15, 0.2) is 30.3 Å². The van der Waals surface area contributed by atoms with Gasteiger partial charge in [-0.3, -0.25) is 4.79 Å². The smallest absolute Gasteiger partial charge is 0.338 e. The molecular formula is C17H24O6. The Morgan fingerprint density at radius 3 is 2.26 bits per heavy atom. The van der Waals surface area contributed by atoms with Gasteiger partial charge in [0.1, 0.15) is 12.2 Å². The van der Waals surface area contributed by atoms with E-state index in [1.165, 1.54) is 0 Å². The Morgan fingerprint density at radius 2 is 1.70 bits per heavy atom. The Labute approximate surface area is 136 Å². The molecule has 0 heterocycles. The van der Waals surface area contributed by atoms with Gasteiger partial charge in [-0.15, -0.1) is 0 Å². The van der Waals surface area contributed by atoms with E-state index in [4.69, 9.17) is 9.47 Å². The summed E-state index contributed by atoms with van der Waals surface area (Å²) in [6.45, 7) is 4.94. The van der Waals surface area contributed by atoms with Crippen LogP contribution in [-0.4, -0.2) is 46.6 Å². The van der Waals surface area contributed by atoms with Gasteiger partial charge in [0.2, 0.25) is 0 Å². The van der Waals surface area contributed by atoms with E-state index in [1.807, 2.05) is 0 Å². The summed E-state index contributed by atoms with van der Waals surface area (Å²) in [6.07, 6.45) is -2.42. The van der Waals surface area contributed by atoms with Crippen LogP contribution in [0.1, 0.15) is 44.0 Å². The third kappa shape index (κ3) is 8.32. The van der Waals surface area contributed by atoms with Crippen LogP contribution < -0.4 is 0 Å². The summed E-state index contributed by atoms with van der Waals surface area (Å²) in [6, 6.07) is 8.39. The molecule has 128 valence electrons. The summed E-state index contributed by atoms with van der Waals surface area (Å²) in [5, 5.41) is 19.5. The standard InChI is InChI=1S/C17H24O6/c1-17(2,3)23-15(20)10-13(18)9-14(19)11-22-16(21)12-7-5-4-6-8-12/h4-8,13-14,18-19H,9-11H2,1-3H3/t13-,14-/m0/s1. The highest BCUT2D eigenvalue weighted by Crippen LogP contribution is 2.12. The van der Waals surface area contributed by atoms with E-state index in [0.717, 1.165) is 0 Å². The molecule has 2 N–H and O–H groups in total. The summed E-state index contributed by atoms with van der Waals surface area (Å²) in [5.41, 5.74) is -0.241. The molecule has 0 fully saturated rings. The van der Waals surface area contributed by atoms with Crippen molar-refractivity contribution in [1.29, 1.82) is 0 Å². The van der Waals surface area contributed by atoms with Gasteiger partial charge in [0, 0.05) is 6.42 Å². The number of carbonyl (C=O) groups excluding carboxylic acids is 2. The minimum Gasteiger partial charge on any atom is -0.460 e. The summed E-state index contributed by atoms with van der Waals surface area (Å²) < 4.78 is 10.0. The molecular weight excluding hydrogens is 300 g/mol. The average Bonchev–Trinajstić information content (AvgIpc) is 2.43. The molecule has 2 atom stereocenters. The zero-order valence-electron chi connectivity index (χ0n) is 13.7. The molecule has 0 radical (unpaired) electrons. The molecule has 0 amide bonds. The van der Waals surface area contributed by atoms with Crippen LogP contribution >= 0.6 is 0 Å². The maximum Gasteiger partial charge on any atom is 0.338 e. The SMILES string of the molecule is CC(C)(C)OC(=O)C[C@@H](O)C[C@H](O)COC(=O)c1ccccc1. The Balaban J connectivity index is 2.31. The van der Waals surface area contributed by atoms with Crippen molar-refractivity contribution in [2.24, 2.45) is 0 Å². The molecule has 1 rings (SSSR count). The summed E-state index contributed by atoms with van der Waals surface area (Å²) in [7, 11) is 0. The van der Waals surface area contributed by atoms with Crippen LogP contribution in [0.2, 0.25) is 0 Å². The van der Waals surface area contributed by atoms with Crippen molar-refractivity contribution < 1.29 is 29.3 Å². The molecule has 0 bridgehead atoms. The molecule has 0 aromatic heterocycles. The maximum absolute atomic E-state index is 11.7. The molecule has 23 heavy (non-hydrogen) atoms. The molecule has 0 aliphatic heterocycles. The molecule has 0 saturated heterocycles. The summed E-state index contributed by atoms with van der Waals surface area (Å²) in [5.74, 6) is -1.09. The van der Waals surface area contributed by atoms with E-state index >= 15 is 0 Å². The van der Waals surface area contributed by atoms with Crippen LogP contribution in [0.4, 0.5) is 0 Å². The molecule has 0 aliphatic carbocycles. The highest BCUT2D eigenvalue weighted by atomic mass is 16.6. The second-order valence-electron chi connectivity index (χ2n) is 6.30. The monoisotopic (exact) mass is 324 g/mol. The molecule has 1 aromatic carbocycles. The van der Waals surface area contributed by atoms with Crippen molar-refractivity contribution in [3.05, 3.63) is 35.9 Å². The predicted molar refractivity (Wildman–Crippen MR) is 83.8 cm³/mol. The van der Waals surface area contributed by atoms with Gasteiger partial charge < -0.3 is 19.7 Å². The number of aliphatic hydroxyl groups excluding tert-OH is 2. The van der Waals surface area contributed by atoms with Crippen LogP contribution in [0.5, 0.6) is 0 Å². The third-order valence-electron chi connectivity index (χ3n) is 2.78. The first-order valence-electron chi connectivity index (χ1n) is 7.47. The van der Waals surface area contributed by atoms with E-state index in [0.29, 0.717) is 5.56 Å². The number of benzene rings is 1. The van der Waals surface area contributed by atoms with Crippen LogP contribution in [0.3, 0.4) is 0 Å². The van der Waals surface area contributed by atoms with Crippen LogP contribution in [0.25, 0.3) is 0 Å². The molecule has 1 aromatic rings. The van der Waals surface area contributed by atoms with Gasteiger partial charge in [-0.05, 0) is 32.9 Å². The summed E-state index contributed by atoms with van der Waals surface area (Å²) in [4.78, 5) is 23.3. The number of aliphatic hydroxyl groups is 2. The molecule has 0 saturated carbocycles. The van der Waals surface area contributed by atoms with Crippen molar-refractivity contribution >= 4 is 11.9 Å². The van der Waals surface area contributed by atoms with E-state index in [2.05, 4.69) is 0 Å². The van der Waals surface area contributed by atoms with Gasteiger partial charge in [-0.2, -0.15) is 0 Å². The molecule has 0 unspecified atom stereocenters. The number of carbonyl (C=O) groups is 2. The lowest BCUT2D eigenvalue weighted by atomic mass is 10.1. The maximum atomic E-state index is 11.7. The van der Waals surface area contributed by atoms with Gasteiger partial charge in [-0.25, -0.2) is 4.79 Å². The predicted octanol–water partition coefficient (Wildman–Crippen LogP) is 1.69. The first kappa shape index (κ1) is 19.1. The number of hydrogen-bond acceptors (Lipinski definition) is 6. The zero-order valence-corrected chi connectivity index (χ0v) is 13.7. The van der Waals surface area contributed by atoms with Gasteiger partial charge in [0.25, 0.3) is 0 Å². The van der Waals surface area contributed by atoms with Crippen LogP contribution in [0, 0.1) is 0 Å². The fourth-order valence-corrected chi connectivity index (χ4v) is 1.87. The van der Waals surface area contributed by atoms with Gasteiger partial charge in [0.05, 0.1) is 24.2 Å². The quantitative estimate of drug-likeness (QED) is 0.741. The molecule has 6 nitrogen and oxygen atoms in total. The number of ether oxygens (including phenoxy) is 2. The van der Waals surface area contributed by atoms with Crippen molar-refractivity contribution in [2.75, 3.05) is 6.61 Å². The highest BCUT2D eigenvalue weighted by Gasteiger charge is 2.21. The van der Waals surface area contributed by atoms with Gasteiger partial charge in [-0.1, -0.05) is 18.2 Å². The molecule has 0 spiro atoms. The van der Waals surface area contributed by atoms with Crippen molar-refractivity contribution in [3.63, 3.8) is 0 Å². The Bertz CT molecular complexity index is 506. The highest BCUT2D eigenvalue weighted by molar-refractivity contribution is 5.89. The number of rotatable bonds is 7. The number of esters is 2. The Hall–Kier alpha value is -1.92. The lowest BCUT2D eigenvalue weighted by Crippen LogP contribution is -2.29. The van der Waals surface area contributed by atoms with Gasteiger partial charge >= 0.3 is 11.9 Å². The van der Waals surface area contributed by atoms with Crippen molar-refractivity contribution in [2.45, 2.75) is 51.4 Å². The fourth-order valence-electron chi connectivity index (χ4n) is 1.87. The van der Waals surface area contributed by atoms with E-state index in [-0.39, 0.29) is 19.4 Å². The fraction of sp³-hybridized carbons (Fsp3) is 0.529. The van der Waals surface area contributed by atoms with Gasteiger partial charge in [0.15, 0.2) is 0 Å². The van der Waals surface area contributed by atoms with E-state index < -0.39 is 29.7 Å². The zero-order chi connectivity index (χ0) is 17.5. The Kier molecular flexibility index (Phi) is 7.19. The molecule has 0 aliphatic rings. The third-order valence-corrected chi connectivity index (χ3v) is 2.78. The topological polar surface area (TPSA) is 93.1 Å². The lowest BCUT2D eigenvalue weighted by Gasteiger charge is -2.21. The normalized spacial score (nSPS) is 14.0. The minimum atomic E-state index is -1.06. The second kappa shape index (κ2) is 8.64. The summed E-state index contributed by atoms with van der Waals surface area (Å²) >= 11 is 0. The van der Waals surface area contributed by atoms with E-state index in [1.54, 1.807) is 51.1 Å². The second-order valence-corrected chi connectivity index (χ2v) is 6.30.